The van der Waals surface area contributed by atoms with Crippen molar-refractivity contribution in [1.29, 1.82) is 0 Å². The molecule has 26 heavy (non-hydrogen) atoms. The fourth-order valence-corrected chi connectivity index (χ4v) is 4.62. The second kappa shape index (κ2) is 7.15. The molecule has 7 heteroatoms. The molecule has 3 heterocycles. The molecule has 142 valence electrons. The van der Waals surface area contributed by atoms with Crippen LogP contribution in [0.1, 0.15) is 38.3 Å². The third kappa shape index (κ3) is 3.20. The van der Waals surface area contributed by atoms with Gasteiger partial charge < -0.3 is 10.0 Å². The van der Waals surface area contributed by atoms with Crippen LogP contribution in [0.3, 0.4) is 0 Å². The Labute approximate surface area is 154 Å². The normalized spacial score (nSPS) is 34.3. The van der Waals surface area contributed by atoms with E-state index in [9.17, 15) is 9.90 Å². The lowest BCUT2D eigenvalue weighted by Gasteiger charge is -2.38. The zero-order valence-corrected chi connectivity index (χ0v) is 15.4. The maximum Gasteiger partial charge on any atom is 0.241 e. The highest BCUT2D eigenvalue weighted by Gasteiger charge is 2.43. The van der Waals surface area contributed by atoms with Gasteiger partial charge in [-0.3, -0.25) is 15.6 Å². The molecule has 0 radical (unpaired) electrons. The van der Waals surface area contributed by atoms with Gasteiger partial charge in [-0.1, -0.05) is 32.0 Å². The van der Waals surface area contributed by atoms with Gasteiger partial charge in [-0.25, -0.2) is 10.9 Å². The topological polar surface area (TPSA) is 88.7 Å². The Kier molecular flexibility index (Phi) is 4.88. The van der Waals surface area contributed by atoms with Crippen molar-refractivity contribution in [2.45, 2.75) is 50.9 Å². The van der Waals surface area contributed by atoms with E-state index < -0.39 is 0 Å². The van der Waals surface area contributed by atoms with E-state index in [0.717, 1.165) is 25.1 Å². The van der Waals surface area contributed by atoms with Crippen molar-refractivity contribution >= 4 is 5.91 Å². The molecule has 0 spiro atoms. The van der Waals surface area contributed by atoms with Crippen molar-refractivity contribution in [2.24, 2.45) is 11.8 Å². The molecule has 1 aromatic carbocycles. The monoisotopic (exact) mass is 359 g/mol. The first kappa shape index (κ1) is 17.7. The standard InChI is InChI=1S/C19H29N5O2/c1-11(2)18-13-10-24(8-7-14(13)20-23-18)19(26)16-9-15(21-22-16)12-5-3-4-6-17(12)25/h3-6,11,13-16,18,20-23,25H,7-10H2,1-2H3. The van der Waals surface area contributed by atoms with E-state index >= 15 is 0 Å². The lowest BCUT2D eigenvalue weighted by Crippen LogP contribution is -2.53. The molecular formula is C19H29N5O2. The van der Waals surface area contributed by atoms with E-state index in [4.69, 9.17) is 0 Å². The van der Waals surface area contributed by atoms with Crippen molar-refractivity contribution in [2.75, 3.05) is 13.1 Å². The van der Waals surface area contributed by atoms with E-state index in [1.54, 1.807) is 6.07 Å². The van der Waals surface area contributed by atoms with Crippen LogP contribution in [-0.4, -0.2) is 47.1 Å². The Morgan fingerprint density at radius 2 is 2.00 bits per heavy atom. The van der Waals surface area contributed by atoms with Gasteiger partial charge in [0.2, 0.25) is 5.91 Å². The zero-order valence-electron chi connectivity index (χ0n) is 15.4. The lowest BCUT2D eigenvalue weighted by atomic mass is 9.83. The van der Waals surface area contributed by atoms with Crippen LogP contribution in [0.4, 0.5) is 0 Å². The zero-order chi connectivity index (χ0) is 18.3. The highest BCUT2D eigenvalue weighted by atomic mass is 16.3. The molecule has 0 aliphatic carbocycles. The number of piperidine rings is 1. The molecule has 3 fully saturated rings. The average Bonchev–Trinajstić information content (AvgIpc) is 3.28. The summed E-state index contributed by atoms with van der Waals surface area (Å²) in [5.41, 5.74) is 14.0. The SMILES string of the molecule is CC(C)C1NNC2CCN(C(=O)C3CC(c4ccccc4O)NN3)CC21. The van der Waals surface area contributed by atoms with Crippen LogP contribution < -0.4 is 21.7 Å². The predicted octanol–water partition coefficient (Wildman–Crippen LogP) is 0.649. The van der Waals surface area contributed by atoms with Gasteiger partial charge in [-0.15, -0.1) is 0 Å². The van der Waals surface area contributed by atoms with Crippen LogP contribution in [0.25, 0.3) is 0 Å². The molecule has 5 atom stereocenters. The summed E-state index contributed by atoms with van der Waals surface area (Å²) in [6.07, 6.45) is 1.63. The number of para-hydroxylation sites is 1. The number of benzene rings is 1. The summed E-state index contributed by atoms with van der Waals surface area (Å²) in [6, 6.07) is 7.84. The molecule has 0 saturated carbocycles. The minimum Gasteiger partial charge on any atom is -0.508 e. The van der Waals surface area contributed by atoms with Crippen LogP contribution in [0.5, 0.6) is 5.75 Å². The summed E-state index contributed by atoms with van der Waals surface area (Å²) in [5.74, 6) is 1.41. The number of likely N-dealkylation sites (tertiary alicyclic amines) is 1. The molecule has 0 aromatic heterocycles. The van der Waals surface area contributed by atoms with Gasteiger partial charge >= 0.3 is 0 Å². The van der Waals surface area contributed by atoms with Crippen LogP contribution in [0.2, 0.25) is 0 Å². The Bertz CT molecular complexity index is 667. The largest absolute Gasteiger partial charge is 0.508 e. The van der Waals surface area contributed by atoms with Gasteiger partial charge in [0.05, 0.1) is 6.04 Å². The van der Waals surface area contributed by atoms with Gasteiger partial charge in [0.25, 0.3) is 0 Å². The number of carbonyl (C=O) groups excluding carboxylic acids is 1. The van der Waals surface area contributed by atoms with Crippen molar-refractivity contribution in [3.8, 4) is 5.75 Å². The Morgan fingerprint density at radius 1 is 1.19 bits per heavy atom. The molecule has 5 N–H and O–H groups in total. The number of nitrogens with one attached hydrogen (secondary N) is 4. The highest BCUT2D eigenvalue weighted by Crippen LogP contribution is 2.31. The van der Waals surface area contributed by atoms with Gasteiger partial charge in [0, 0.05) is 36.7 Å². The highest BCUT2D eigenvalue weighted by molar-refractivity contribution is 5.82. The number of carbonyl (C=O) groups is 1. The third-order valence-electron chi connectivity index (χ3n) is 6.10. The Hall–Kier alpha value is -1.67. The smallest absolute Gasteiger partial charge is 0.241 e. The van der Waals surface area contributed by atoms with E-state index in [-0.39, 0.29) is 23.7 Å². The molecule has 3 saturated heterocycles. The number of rotatable bonds is 3. The van der Waals surface area contributed by atoms with Gasteiger partial charge in [-0.05, 0) is 24.8 Å². The minimum absolute atomic E-state index is 0.0547. The maximum absolute atomic E-state index is 13.0. The number of hydrazine groups is 2. The fraction of sp³-hybridized carbons (Fsp3) is 0.632. The number of hydrogen-bond donors (Lipinski definition) is 5. The Balaban J connectivity index is 1.40. The predicted molar refractivity (Wildman–Crippen MR) is 98.9 cm³/mol. The summed E-state index contributed by atoms with van der Waals surface area (Å²) < 4.78 is 0. The molecule has 4 rings (SSSR count). The molecule has 3 aliphatic rings. The number of amides is 1. The molecule has 7 nitrogen and oxygen atoms in total. The van der Waals surface area contributed by atoms with Crippen LogP contribution >= 0.6 is 0 Å². The van der Waals surface area contributed by atoms with Crippen molar-refractivity contribution in [1.82, 2.24) is 26.6 Å². The quantitative estimate of drug-likeness (QED) is 0.545. The summed E-state index contributed by atoms with van der Waals surface area (Å²) >= 11 is 0. The fourth-order valence-electron chi connectivity index (χ4n) is 4.62. The number of hydrogen-bond acceptors (Lipinski definition) is 6. The van der Waals surface area contributed by atoms with Crippen LogP contribution in [0.15, 0.2) is 24.3 Å². The second-order valence-corrected chi connectivity index (χ2v) is 8.09. The van der Waals surface area contributed by atoms with Crippen molar-refractivity contribution < 1.29 is 9.90 Å². The first-order chi connectivity index (χ1) is 12.5. The molecule has 1 aromatic rings. The summed E-state index contributed by atoms with van der Waals surface area (Å²) in [4.78, 5) is 15.1. The van der Waals surface area contributed by atoms with Gasteiger partial charge in [0.1, 0.15) is 11.8 Å². The first-order valence-corrected chi connectivity index (χ1v) is 9.63. The molecule has 5 unspecified atom stereocenters. The van der Waals surface area contributed by atoms with Crippen LogP contribution in [-0.2, 0) is 4.79 Å². The number of phenolic OH excluding ortho intramolecular Hbond substituents is 1. The van der Waals surface area contributed by atoms with Gasteiger partial charge in [-0.2, -0.15) is 0 Å². The third-order valence-corrected chi connectivity index (χ3v) is 6.10. The van der Waals surface area contributed by atoms with Crippen LogP contribution in [0, 0.1) is 11.8 Å². The summed E-state index contributed by atoms with van der Waals surface area (Å²) in [7, 11) is 0. The minimum atomic E-state index is -0.254. The molecule has 1 amide bonds. The van der Waals surface area contributed by atoms with E-state index in [2.05, 4.69) is 35.6 Å². The second-order valence-electron chi connectivity index (χ2n) is 8.09. The average molecular weight is 359 g/mol. The number of nitrogens with zero attached hydrogens (tertiary/aromatic N) is 1. The molecule has 3 aliphatic heterocycles. The molecule has 0 bridgehead atoms. The Morgan fingerprint density at radius 3 is 2.77 bits per heavy atom. The molecular weight excluding hydrogens is 330 g/mol. The van der Waals surface area contributed by atoms with Crippen molar-refractivity contribution in [3.05, 3.63) is 29.8 Å². The number of fused-ring (bicyclic) bond motifs is 1. The first-order valence-electron chi connectivity index (χ1n) is 9.63. The summed E-state index contributed by atoms with van der Waals surface area (Å²) in [6.45, 7) is 6.04. The van der Waals surface area contributed by atoms with Crippen molar-refractivity contribution in [3.63, 3.8) is 0 Å². The number of phenols is 1. The lowest BCUT2D eigenvalue weighted by molar-refractivity contribution is -0.135. The van der Waals surface area contributed by atoms with E-state index in [0.29, 0.717) is 30.3 Å². The van der Waals surface area contributed by atoms with Gasteiger partial charge in [0.15, 0.2) is 0 Å². The maximum atomic E-state index is 13.0. The summed E-state index contributed by atoms with van der Waals surface area (Å²) in [5, 5.41) is 10.1. The number of aromatic hydroxyl groups is 1. The van der Waals surface area contributed by atoms with E-state index in [1.807, 2.05) is 23.1 Å². The van der Waals surface area contributed by atoms with E-state index in [1.165, 1.54) is 0 Å².